The fourth-order valence-electron chi connectivity index (χ4n) is 4.03. The predicted octanol–water partition coefficient (Wildman–Crippen LogP) is 4.26. The number of nitrogens with one attached hydrogen (secondary N) is 1. The molecule has 1 N–H and O–H groups in total. The van der Waals surface area contributed by atoms with Crippen molar-refractivity contribution < 1.29 is 14.3 Å². The maximum Gasteiger partial charge on any atom is 0.231 e. The van der Waals surface area contributed by atoms with Gasteiger partial charge in [0.15, 0.2) is 11.5 Å². The maximum absolute atomic E-state index is 12.2. The SMILES string of the molecule is Cn1ncc2cc(-c3ccc(CCCNC(=O)Cc4ccc5c(c4)OCO5)cc3)ccc21. The van der Waals surface area contributed by atoms with Gasteiger partial charge >= 0.3 is 0 Å². The van der Waals surface area contributed by atoms with Crippen molar-refractivity contribution in [3.05, 3.63) is 78.0 Å². The fourth-order valence-corrected chi connectivity index (χ4v) is 4.03. The van der Waals surface area contributed by atoms with Crippen molar-refractivity contribution in [3.63, 3.8) is 0 Å². The number of ether oxygens (including phenoxy) is 2. The lowest BCUT2D eigenvalue weighted by atomic mass is 10.0. The third-order valence-electron chi connectivity index (χ3n) is 5.80. The minimum absolute atomic E-state index is 0.0185. The zero-order valence-electron chi connectivity index (χ0n) is 18.0. The highest BCUT2D eigenvalue weighted by molar-refractivity contribution is 5.84. The Morgan fingerprint density at radius 1 is 0.969 bits per heavy atom. The van der Waals surface area contributed by atoms with Crippen molar-refractivity contribution in [2.24, 2.45) is 7.05 Å². The summed E-state index contributed by atoms with van der Waals surface area (Å²) in [6, 6.07) is 20.7. The van der Waals surface area contributed by atoms with Crippen molar-refractivity contribution in [2.45, 2.75) is 19.3 Å². The lowest BCUT2D eigenvalue weighted by molar-refractivity contribution is -0.120. The van der Waals surface area contributed by atoms with Gasteiger partial charge in [0.1, 0.15) is 0 Å². The van der Waals surface area contributed by atoms with Crippen LogP contribution in [0, 0.1) is 0 Å². The molecule has 1 aliphatic rings. The molecule has 1 amide bonds. The molecule has 0 saturated carbocycles. The second kappa shape index (κ2) is 8.75. The van der Waals surface area contributed by atoms with E-state index in [4.69, 9.17) is 9.47 Å². The van der Waals surface area contributed by atoms with E-state index in [1.54, 1.807) is 0 Å². The molecule has 6 heteroatoms. The van der Waals surface area contributed by atoms with Gasteiger partial charge < -0.3 is 14.8 Å². The molecule has 0 atom stereocenters. The Kier molecular flexibility index (Phi) is 5.50. The van der Waals surface area contributed by atoms with Gasteiger partial charge in [-0.05, 0) is 59.4 Å². The molecule has 162 valence electrons. The molecule has 0 fully saturated rings. The lowest BCUT2D eigenvalue weighted by Crippen LogP contribution is -2.26. The quantitative estimate of drug-likeness (QED) is 0.448. The molecule has 0 spiro atoms. The summed E-state index contributed by atoms with van der Waals surface area (Å²) in [7, 11) is 1.95. The molecule has 1 aromatic heterocycles. The molecule has 1 aliphatic heterocycles. The van der Waals surface area contributed by atoms with Gasteiger partial charge in [-0.3, -0.25) is 9.48 Å². The standard InChI is InChI=1S/C26H25N3O3/c1-29-23-10-9-21(15-22(23)16-28-29)20-7-4-18(5-8-20)3-2-12-27-26(30)14-19-6-11-24-25(13-19)32-17-31-24/h4-11,13,15-16H,2-3,12,14,17H2,1H3,(H,27,30). The highest BCUT2D eigenvalue weighted by atomic mass is 16.7. The molecule has 4 aromatic rings. The fraction of sp³-hybridized carbons (Fsp3) is 0.231. The molecule has 2 heterocycles. The van der Waals surface area contributed by atoms with Crippen LogP contribution in [0.4, 0.5) is 0 Å². The second-order valence-corrected chi connectivity index (χ2v) is 8.06. The van der Waals surface area contributed by atoms with Crippen molar-refractivity contribution in [2.75, 3.05) is 13.3 Å². The number of nitrogens with zero attached hydrogens (tertiary/aromatic N) is 2. The lowest BCUT2D eigenvalue weighted by Gasteiger charge is -2.07. The summed E-state index contributed by atoms with van der Waals surface area (Å²) in [5.74, 6) is 1.46. The zero-order chi connectivity index (χ0) is 21.9. The van der Waals surface area contributed by atoms with Crippen LogP contribution in [0.2, 0.25) is 0 Å². The van der Waals surface area contributed by atoms with E-state index in [0.717, 1.165) is 35.1 Å². The van der Waals surface area contributed by atoms with Crippen LogP contribution in [0.5, 0.6) is 11.5 Å². The van der Waals surface area contributed by atoms with Gasteiger partial charge in [-0.25, -0.2) is 0 Å². The normalized spacial score (nSPS) is 12.3. The molecule has 6 nitrogen and oxygen atoms in total. The summed E-state index contributed by atoms with van der Waals surface area (Å²) in [4.78, 5) is 12.2. The zero-order valence-corrected chi connectivity index (χ0v) is 18.0. The number of amides is 1. The Labute approximate surface area is 186 Å². The monoisotopic (exact) mass is 427 g/mol. The minimum Gasteiger partial charge on any atom is -0.454 e. The number of carbonyl (C=O) groups excluding carboxylic acids is 1. The molecule has 3 aromatic carbocycles. The number of hydrogen-bond donors (Lipinski definition) is 1. The number of benzene rings is 3. The van der Waals surface area contributed by atoms with E-state index >= 15 is 0 Å². The molecule has 32 heavy (non-hydrogen) atoms. The molecule has 5 rings (SSSR count). The van der Waals surface area contributed by atoms with Crippen LogP contribution in [-0.2, 0) is 24.7 Å². The summed E-state index contributed by atoms with van der Waals surface area (Å²) < 4.78 is 12.6. The Morgan fingerprint density at radius 3 is 2.62 bits per heavy atom. The molecule has 0 radical (unpaired) electrons. The van der Waals surface area contributed by atoms with Crippen molar-refractivity contribution in [1.29, 1.82) is 0 Å². The minimum atomic E-state index is 0.0185. The number of hydrogen-bond acceptors (Lipinski definition) is 4. The molecule has 0 bridgehead atoms. The second-order valence-electron chi connectivity index (χ2n) is 8.06. The van der Waals surface area contributed by atoms with E-state index in [1.165, 1.54) is 16.7 Å². The predicted molar refractivity (Wildman–Crippen MR) is 124 cm³/mol. The van der Waals surface area contributed by atoms with Crippen LogP contribution >= 0.6 is 0 Å². The first-order chi connectivity index (χ1) is 15.7. The van der Waals surface area contributed by atoms with Crippen LogP contribution in [0.1, 0.15) is 17.5 Å². The van der Waals surface area contributed by atoms with E-state index in [9.17, 15) is 4.79 Å². The van der Waals surface area contributed by atoms with Gasteiger partial charge in [0.25, 0.3) is 0 Å². The number of rotatable bonds is 7. The number of fused-ring (bicyclic) bond motifs is 2. The molecular formula is C26H25N3O3. The van der Waals surface area contributed by atoms with Crippen LogP contribution in [-0.4, -0.2) is 29.0 Å². The number of aryl methyl sites for hydroxylation is 2. The average Bonchev–Trinajstić information content (AvgIpc) is 3.43. The first-order valence-electron chi connectivity index (χ1n) is 10.8. The van der Waals surface area contributed by atoms with Crippen molar-refractivity contribution >= 4 is 16.8 Å². The van der Waals surface area contributed by atoms with E-state index in [1.807, 2.05) is 36.1 Å². The first kappa shape index (κ1) is 20.1. The summed E-state index contributed by atoms with van der Waals surface area (Å²) >= 11 is 0. The number of aromatic nitrogens is 2. The van der Waals surface area contributed by atoms with Gasteiger partial charge in [-0.15, -0.1) is 0 Å². The summed E-state index contributed by atoms with van der Waals surface area (Å²) in [6.45, 7) is 0.897. The topological polar surface area (TPSA) is 65.4 Å². The molecule has 0 unspecified atom stereocenters. The van der Waals surface area contributed by atoms with Crippen molar-refractivity contribution in [3.8, 4) is 22.6 Å². The third kappa shape index (κ3) is 4.30. The number of carbonyl (C=O) groups is 1. The molecular weight excluding hydrogens is 402 g/mol. The van der Waals surface area contributed by atoms with E-state index in [0.29, 0.717) is 18.7 Å². The van der Waals surface area contributed by atoms with E-state index < -0.39 is 0 Å². The summed E-state index contributed by atoms with van der Waals surface area (Å²) in [5.41, 5.74) is 5.70. The van der Waals surface area contributed by atoms with Crippen LogP contribution in [0.25, 0.3) is 22.0 Å². The van der Waals surface area contributed by atoms with Gasteiger partial charge in [-0.2, -0.15) is 5.10 Å². The largest absolute Gasteiger partial charge is 0.454 e. The van der Waals surface area contributed by atoms with E-state index in [2.05, 4.69) is 52.9 Å². The average molecular weight is 428 g/mol. The van der Waals surface area contributed by atoms with Gasteiger partial charge in [0, 0.05) is 19.0 Å². The smallest absolute Gasteiger partial charge is 0.231 e. The molecule has 0 saturated heterocycles. The third-order valence-corrected chi connectivity index (χ3v) is 5.80. The van der Waals surface area contributed by atoms with E-state index in [-0.39, 0.29) is 12.7 Å². The maximum atomic E-state index is 12.2. The first-order valence-corrected chi connectivity index (χ1v) is 10.8. The Balaban J connectivity index is 1.10. The van der Waals surface area contributed by atoms with Gasteiger partial charge in [0.05, 0.1) is 18.1 Å². The van der Waals surface area contributed by atoms with Crippen LogP contribution < -0.4 is 14.8 Å². The highest BCUT2D eigenvalue weighted by Crippen LogP contribution is 2.32. The molecule has 0 aliphatic carbocycles. The van der Waals surface area contributed by atoms with Crippen LogP contribution in [0.3, 0.4) is 0 Å². The Morgan fingerprint density at radius 2 is 1.75 bits per heavy atom. The van der Waals surface area contributed by atoms with Gasteiger partial charge in [-0.1, -0.05) is 36.4 Å². The Hall–Kier alpha value is -3.80. The summed E-state index contributed by atoms with van der Waals surface area (Å²) in [6.07, 6.45) is 4.06. The van der Waals surface area contributed by atoms with Gasteiger partial charge in [0.2, 0.25) is 12.7 Å². The highest BCUT2D eigenvalue weighted by Gasteiger charge is 2.14. The van der Waals surface area contributed by atoms with Crippen LogP contribution in [0.15, 0.2) is 66.9 Å². The Bertz CT molecular complexity index is 1260. The van der Waals surface area contributed by atoms with Crippen molar-refractivity contribution in [1.82, 2.24) is 15.1 Å². The summed E-state index contributed by atoms with van der Waals surface area (Å²) in [5, 5.41) is 8.46.